The Hall–Kier alpha value is -1.16. The minimum atomic E-state index is -0.330. The van der Waals surface area contributed by atoms with Gasteiger partial charge in [-0.2, -0.15) is 0 Å². The Balaban J connectivity index is 3.15. The molecule has 0 saturated carbocycles. The first kappa shape index (κ1) is 10.9. The first-order valence-corrected chi connectivity index (χ1v) is 4.78. The van der Waals surface area contributed by atoms with E-state index in [1.807, 2.05) is 19.9 Å². The van der Waals surface area contributed by atoms with Gasteiger partial charge in [-0.3, -0.25) is 0 Å². The van der Waals surface area contributed by atoms with E-state index < -0.39 is 0 Å². The van der Waals surface area contributed by atoms with Gasteiger partial charge in [-0.25, -0.2) is 4.39 Å². The number of rotatable bonds is 2. The summed E-state index contributed by atoms with van der Waals surface area (Å²) >= 11 is 4.68. The molecule has 0 saturated heterocycles. The van der Waals surface area contributed by atoms with Gasteiger partial charge in [0.1, 0.15) is 5.82 Å². The predicted molar refractivity (Wildman–Crippen MR) is 60.9 cm³/mol. The SMILES string of the molecule is CC(C)c1cccc(F)c1NC(N)=S. The van der Waals surface area contributed by atoms with Crippen LogP contribution in [0.2, 0.25) is 0 Å². The molecule has 1 rings (SSSR count). The first-order chi connectivity index (χ1) is 6.52. The average molecular weight is 212 g/mol. The van der Waals surface area contributed by atoms with Crippen LogP contribution < -0.4 is 11.1 Å². The van der Waals surface area contributed by atoms with Gasteiger partial charge in [-0.1, -0.05) is 26.0 Å². The molecule has 76 valence electrons. The summed E-state index contributed by atoms with van der Waals surface area (Å²) in [6, 6.07) is 4.91. The molecule has 3 N–H and O–H groups in total. The number of benzene rings is 1. The molecule has 0 radical (unpaired) electrons. The zero-order chi connectivity index (χ0) is 10.7. The number of hydrogen-bond donors (Lipinski definition) is 2. The van der Waals surface area contributed by atoms with E-state index in [1.165, 1.54) is 6.07 Å². The molecule has 0 unspecified atom stereocenters. The van der Waals surface area contributed by atoms with E-state index in [-0.39, 0.29) is 16.8 Å². The maximum Gasteiger partial charge on any atom is 0.168 e. The molecule has 0 aliphatic rings. The summed E-state index contributed by atoms with van der Waals surface area (Å²) in [5.74, 6) is -0.105. The van der Waals surface area contributed by atoms with Gasteiger partial charge in [0.15, 0.2) is 5.11 Å². The summed E-state index contributed by atoms with van der Waals surface area (Å²) in [5.41, 5.74) is 6.57. The molecule has 14 heavy (non-hydrogen) atoms. The van der Waals surface area contributed by atoms with Gasteiger partial charge in [0.05, 0.1) is 5.69 Å². The molecule has 0 aliphatic carbocycles. The summed E-state index contributed by atoms with van der Waals surface area (Å²) in [7, 11) is 0. The number of hydrogen-bond acceptors (Lipinski definition) is 1. The van der Waals surface area contributed by atoms with Crippen molar-refractivity contribution >= 4 is 23.0 Å². The molecule has 0 aromatic heterocycles. The lowest BCUT2D eigenvalue weighted by atomic mass is 10.0. The molecule has 0 aliphatic heterocycles. The molecule has 1 aromatic rings. The molecule has 1 aromatic carbocycles. The Bertz CT molecular complexity index is 350. The van der Waals surface area contributed by atoms with E-state index in [0.29, 0.717) is 5.69 Å². The van der Waals surface area contributed by atoms with Crippen molar-refractivity contribution in [2.24, 2.45) is 5.73 Å². The Morgan fingerprint density at radius 3 is 2.64 bits per heavy atom. The molecular formula is C10H13FN2S. The lowest BCUT2D eigenvalue weighted by Crippen LogP contribution is -2.21. The Kier molecular flexibility index (Phi) is 3.41. The van der Waals surface area contributed by atoms with E-state index >= 15 is 0 Å². The molecule has 0 bridgehead atoms. The van der Waals surface area contributed by atoms with E-state index in [9.17, 15) is 4.39 Å². The summed E-state index contributed by atoms with van der Waals surface area (Å²) in [4.78, 5) is 0. The maximum absolute atomic E-state index is 13.4. The highest BCUT2D eigenvalue weighted by Crippen LogP contribution is 2.26. The van der Waals surface area contributed by atoms with Crippen LogP contribution in [0.3, 0.4) is 0 Å². The maximum atomic E-state index is 13.4. The highest BCUT2D eigenvalue weighted by molar-refractivity contribution is 7.80. The van der Waals surface area contributed by atoms with Gasteiger partial charge in [0, 0.05) is 0 Å². The van der Waals surface area contributed by atoms with Gasteiger partial charge in [-0.05, 0) is 29.8 Å². The van der Waals surface area contributed by atoms with Crippen molar-refractivity contribution in [2.45, 2.75) is 19.8 Å². The fourth-order valence-electron chi connectivity index (χ4n) is 1.28. The van der Waals surface area contributed by atoms with E-state index in [1.54, 1.807) is 6.07 Å². The average Bonchev–Trinajstić information content (AvgIpc) is 2.07. The molecule has 0 fully saturated rings. The topological polar surface area (TPSA) is 38.0 Å². The Labute approximate surface area is 88.3 Å². The fraction of sp³-hybridized carbons (Fsp3) is 0.300. The Morgan fingerprint density at radius 2 is 2.14 bits per heavy atom. The van der Waals surface area contributed by atoms with Gasteiger partial charge in [-0.15, -0.1) is 0 Å². The van der Waals surface area contributed by atoms with Gasteiger partial charge < -0.3 is 11.1 Å². The van der Waals surface area contributed by atoms with Gasteiger partial charge >= 0.3 is 0 Å². The first-order valence-electron chi connectivity index (χ1n) is 4.37. The standard InChI is InChI=1S/C10H13FN2S/c1-6(2)7-4-3-5-8(11)9(7)13-10(12)14/h3-6H,1-2H3,(H3,12,13,14). The lowest BCUT2D eigenvalue weighted by Gasteiger charge is -2.14. The van der Waals surface area contributed by atoms with Crippen LogP contribution >= 0.6 is 12.2 Å². The smallest absolute Gasteiger partial charge is 0.168 e. The minimum absolute atomic E-state index is 0.0806. The molecule has 2 nitrogen and oxygen atoms in total. The summed E-state index contributed by atoms with van der Waals surface area (Å²) in [6.07, 6.45) is 0. The normalized spacial score (nSPS) is 10.3. The third-order valence-corrected chi connectivity index (χ3v) is 2.02. The Morgan fingerprint density at radius 1 is 1.50 bits per heavy atom. The van der Waals surface area contributed by atoms with Crippen LogP contribution in [0.1, 0.15) is 25.3 Å². The van der Waals surface area contributed by atoms with Crippen molar-refractivity contribution in [2.75, 3.05) is 5.32 Å². The monoisotopic (exact) mass is 212 g/mol. The van der Waals surface area contributed by atoms with Crippen LogP contribution in [0, 0.1) is 5.82 Å². The molecule has 0 heterocycles. The highest BCUT2D eigenvalue weighted by atomic mass is 32.1. The second-order valence-corrected chi connectivity index (χ2v) is 3.79. The van der Waals surface area contributed by atoms with E-state index in [4.69, 9.17) is 5.73 Å². The van der Waals surface area contributed by atoms with Crippen LogP contribution in [0.4, 0.5) is 10.1 Å². The zero-order valence-electron chi connectivity index (χ0n) is 8.17. The van der Waals surface area contributed by atoms with E-state index in [0.717, 1.165) is 5.56 Å². The minimum Gasteiger partial charge on any atom is -0.376 e. The van der Waals surface area contributed by atoms with Crippen molar-refractivity contribution < 1.29 is 4.39 Å². The number of halogens is 1. The second kappa shape index (κ2) is 4.37. The van der Waals surface area contributed by atoms with Crippen LogP contribution in [-0.4, -0.2) is 5.11 Å². The van der Waals surface area contributed by atoms with Crippen molar-refractivity contribution in [3.05, 3.63) is 29.6 Å². The molecule has 0 spiro atoms. The zero-order valence-corrected chi connectivity index (χ0v) is 8.99. The van der Waals surface area contributed by atoms with Gasteiger partial charge in [0.25, 0.3) is 0 Å². The molecular weight excluding hydrogens is 199 g/mol. The van der Waals surface area contributed by atoms with Crippen molar-refractivity contribution in [3.8, 4) is 0 Å². The predicted octanol–water partition coefficient (Wildman–Crippen LogP) is 2.60. The summed E-state index contributed by atoms with van der Waals surface area (Å²) < 4.78 is 13.4. The summed E-state index contributed by atoms with van der Waals surface area (Å²) in [5, 5.41) is 2.74. The lowest BCUT2D eigenvalue weighted by molar-refractivity contribution is 0.628. The molecule has 0 amide bonds. The third kappa shape index (κ3) is 2.42. The largest absolute Gasteiger partial charge is 0.376 e. The summed E-state index contributed by atoms with van der Waals surface area (Å²) in [6.45, 7) is 3.97. The highest BCUT2D eigenvalue weighted by Gasteiger charge is 2.11. The van der Waals surface area contributed by atoms with Crippen LogP contribution in [0.25, 0.3) is 0 Å². The molecule has 0 atom stereocenters. The van der Waals surface area contributed by atoms with Crippen LogP contribution in [0.15, 0.2) is 18.2 Å². The van der Waals surface area contributed by atoms with Crippen molar-refractivity contribution in [3.63, 3.8) is 0 Å². The number of thiocarbonyl (C=S) groups is 1. The number of nitrogens with one attached hydrogen (secondary N) is 1. The number of anilines is 1. The fourth-order valence-corrected chi connectivity index (χ4v) is 1.38. The third-order valence-electron chi connectivity index (χ3n) is 1.92. The number of nitrogens with two attached hydrogens (primary N) is 1. The van der Waals surface area contributed by atoms with Crippen molar-refractivity contribution in [1.29, 1.82) is 0 Å². The second-order valence-electron chi connectivity index (χ2n) is 3.35. The van der Waals surface area contributed by atoms with Crippen LogP contribution in [0.5, 0.6) is 0 Å². The molecule has 4 heteroatoms. The van der Waals surface area contributed by atoms with Crippen molar-refractivity contribution in [1.82, 2.24) is 0 Å². The quantitative estimate of drug-likeness (QED) is 0.740. The van der Waals surface area contributed by atoms with Gasteiger partial charge in [0.2, 0.25) is 0 Å². The van der Waals surface area contributed by atoms with Crippen LogP contribution in [-0.2, 0) is 0 Å². The van der Waals surface area contributed by atoms with E-state index in [2.05, 4.69) is 17.5 Å². The number of para-hydroxylation sites is 1.